The normalized spacial score (nSPS) is 10.5. The first-order chi connectivity index (χ1) is 16.0. The highest BCUT2D eigenvalue weighted by Gasteiger charge is 2.28. The molecule has 4 aromatic rings. The summed E-state index contributed by atoms with van der Waals surface area (Å²) in [6, 6.07) is 24.1. The number of anilines is 1. The van der Waals surface area contributed by atoms with Crippen LogP contribution >= 0.6 is 0 Å². The molecule has 0 saturated carbocycles. The SMILES string of the molecule is COC(=O)NN(C(=O)c1c(OC)c(-c2ccccc2)nc2ccccc12)c1cccc(C)c1. The van der Waals surface area contributed by atoms with E-state index in [1.165, 1.54) is 14.2 Å². The predicted molar refractivity (Wildman–Crippen MR) is 127 cm³/mol. The molecule has 7 nitrogen and oxygen atoms in total. The number of ether oxygens (including phenoxy) is 2. The number of aromatic nitrogens is 1. The van der Waals surface area contributed by atoms with Crippen molar-refractivity contribution in [3.8, 4) is 17.0 Å². The van der Waals surface area contributed by atoms with Gasteiger partial charge in [-0.05, 0) is 30.7 Å². The number of amides is 2. The summed E-state index contributed by atoms with van der Waals surface area (Å²) in [6.45, 7) is 1.90. The molecule has 4 rings (SSSR count). The Kier molecular flexibility index (Phi) is 6.22. The van der Waals surface area contributed by atoms with Crippen molar-refractivity contribution in [2.24, 2.45) is 0 Å². The molecule has 1 N–H and O–H groups in total. The summed E-state index contributed by atoms with van der Waals surface area (Å²) in [5.74, 6) is -0.173. The topological polar surface area (TPSA) is 80.8 Å². The molecule has 0 bridgehead atoms. The van der Waals surface area contributed by atoms with Crippen LogP contribution in [0, 0.1) is 6.92 Å². The maximum absolute atomic E-state index is 14.0. The van der Waals surface area contributed by atoms with Crippen LogP contribution in [0.3, 0.4) is 0 Å². The highest BCUT2D eigenvalue weighted by atomic mass is 16.5. The molecular formula is C26H23N3O4. The summed E-state index contributed by atoms with van der Waals surface area (Å²) in [4.78, 5) is 31.0. The Bertz CT molecular complexity index is 1320. The molecule has 1 aromatic heterocycles. The molecule has 0 saturated heterocycles. The number of hydrogen-bond donors (Lipinski definition) is 1. The number of rotatable bonds is 4. The number of hydrogen-bond acceptors (Lipinski definition) is 5. The van der Waals surface area contributed by atoms with E-state index in [1.807, 2.05) is 61.5 Å². The van der Waals surface area contributed by atoms with E-state index in [-0.39, 0.29) is 5.56 Å². The summed E-state index contributed by atoms with van der Waals surface area (Å²) >= 11 is 0. The highest BCUT2D eigenvalue weighted by molar-refractivity contribution is 6.17. The summed E-state index contributed by atoms with van der Waals surface area (Å²) in [5.41, 5.74) is 6.17. The number of para-hydroxylation sites is 1. The number of carbonyl (C=O) groups is 2. The van der Waals surface area contributed by atoms with Crippen molar-refractivity contribution >= 4 is 28.6 Å². The van der Waals surface area contributed by atoms with E-state index in [4.69, 9.17) is 14.5 Å². The summed E-state index contributed by atoms with van der Waals surface area (Å²) in [6.07, 6.45) is -0.773. The fourth-order valence-corrected chi connectivity index (χ4v) is 3.65. The maximum Gasteiger partial charge on any atom is 0.426 e. The number of nitrogens with one attached hydrogen (secondary N) is 1. The predicted octanol–water partition coefficient (Wildman–Crippen LogP) is 5.14. The number of methoxy groups -OCH3 is 2. The number of aryl methyl sites for hydroxylation is 1. The standard InChI is InChI=1S/C26H23N3O4/c1-17-10-9-13-19(16-17)29(28-26(31)33-3)25(30)22-20-14-7-8-15-21(20)27-23(24(22)32-2)18-11-5-4-6-12-18/h4-16H,1-3H3,(H,28,31). The van der Waals surface area contributed by atoms with Gasteiger partial charge in [0, 0.05) is 10.9 Å². The van der Waals surface area contributed by atoms with E-state index in [0.29, 0.717) is 28.0 Å². The molecule has 166 valence electrons. The molecule has 1 heterocycles. The van der Waals surface area contributed by atoms with Crippen LogP contribution in [-0.4, -0.2) is 31.2 Å². The van der Waals surface area contributed by atoms with Crippen molar-refractivity contribution in [2.75, 3.05) is 19.2 Å². The van der Waals surface area contributed by atoms with Crippen molar-refractivity contribution in [1.29, 1.82) is 0 Å². The van der Waals surface area contributed by atoms with Gasteiger partial charge in [-0.15, -0.1) is 0 Å². The summed E-state index contributed by atoms with van der Waals surface area (Å²) in [5, 5.41) is 1.76. The van der Waals surface area contributed by atoms with Crippen LogP contribution in [0.5, 0.6) is 5.75 Å². The molecule has 0 aliphatic carbocycles. The van der Waals surface area contributed by atoms with Crippen LogP contribution in [0.25, 0.3) is 22.2 Å². The van der Waals surface area contributed by atoms with Crippen LogP contribution in [0.1, 0.15) is 15.9 Å². The first kappa shape index (κ1) is 21.8. The Morgan fingerprint density at radius 3 is 2.33 bits per heavy atom. The van der Waals surface area contributed by atoms with Crippen molar-refractivity contribution in [3.05, 3.63) is 90.0 Å². The van der Waals surface area contributed by atoms with Crippen LogP contribution in [0.4, 0.5) is 10.5 Å². The molecule has 0 unspecified atom stereocenters. The van der Waals surface area contributed by atoms with Gasteiger partial charge in [-0.25, -0.2) is 20.2 Å². The Morgan fingerprint density at radius 2 is 1.64 bits per heavy atom. The van der Waals surface area contributed by atoms with E-state index >= 15 is 0 Å². The molecule has 33 heavy (non-hydrogen) atoms. The van der Waals surface area contributed by atoms with Crippen molar-refractivity contribution < 1.29 is 19.1 Å². The fourth-order valence-electron chi connectivity index (χ4n) is 3.65. The Hall–Kier alpha value is -4.39. The van der Waals surface area contributed by atoms with Crippen molar-refractivity contribution in [1.82, 2.24) is 10.4 Å². The molecule has 0 aliphatic heterocycles. The first-order valence-corrected chi connectivity index (χ1v) is 10.3. The van der Waals surface area contributed by atoms with Crippen LogP contribution < -0.4 is 15.2 Å². The molecule has 0 radical (unpaired) electrons. The average molecular weight is 441 g/mol. The largest absolute Gasteiger partial charge is 0.494 e. The first-order valence-electron chi connectivity index (χ1n) is 10.3. The zero-order valence-electron chi connectivity index (χ0n) is 18.5. The number of fused-ring (bicyclic) bond motifs is 1. The highest BCUT2D eigenvalue weighted by Crippen LogP contribution is 2.37. The van der Waals surface area contributed by atoms with E-state index in [1.54, 1.807) is 24.3 Å². The second kappa shape index (κ2) is 9.40. The van der Waals surface area contributed by atoms with E-state index < -0.39 is 12.0 Å². The number of benzene rings is 3. The van der Waals surface area contributed by atoms with Crippen LogP contribution in [0.2, 0.25) is 0 Å². The minimum atomic E-state index is -0.773. The lowest BCUT2D eigenvalue weighted by atomic mass is 10.0. The molecule has 3 aromatic carbocycles. The van der Waals surface area contributed by atoms with Gasteiger partial charge in [0.2, 0.25) is 0 Å². The van der Waals surface area contributed by atoms with Gasteiger partial charge in [0.25, 0.3) is 5.91 Å². The molecule has 0 fully saturated rings. The van der Waals surface area contributed by atoms with E-state index in [2.05, 4.69) is 5.43 Å². The van der Waals surface area contributed by atoms with Gasteiger partial charge < -0.3 is 9.47 Å². The zero-order chi connectivity index (χ0) is 23.4. The molecule has 0 atom stereocenters. The molecule has 7 heteroatoms. The third-order valence-electron chi connectivity index (χ3n) is 5.16. The monoisotopic (exact) mass is 441 g/mol. The van der Waals surface area contributed by atoms with E-state index in [9.17, 15) is 9.59 Å². The molecular weight excluding hydrogens is 418 g/mol. The third kappa shape index (κ3) is 4.34. The Labute approximate surface area is 191 Å². The van der Waals surface area contributed by atoms with Gasteiger partial charge in [-0.1, -0.05) is 60.7 Å². The Morgan fingerprint density at radius 1 is 0.909 bits per heavy atom. The smallest absolute Gasteiger partial charge is 0.426 e. The Balaban J connectivity index is 1.98. The number of hydrazine groups is 1. The lowest BCUT2D eigenvalue weighted by Crippen LogP contribution is -2.46. The zero-order valence-corrected chi connectivity index (χ0v) is 18.5. The van der Waals surface area contributed by atoms with Gasteiger partial charge in [-0.3, -0.25) is 4.79 Å². The van der Waals surface area contributed by atoms with Gasteiger partial charge in [0.05, 0.1) is 31.0 Å². The number of carbonyl (C=O) groups excluding carboxylic acids is 2. The number of pyridine rings is 1. The minimum absolute atomic E-state index is 0.278. The average Bonchev–Trinajstić information content (AvgIpc) is 2.86. The summed E-state index contributed by atoms with van der Waals surface area (Å²) in [7, 11) is 2.74. The van der Waals surface area contributed by atoms with Gasteiger partial charge in [0.15, 0.2) is 5.75 Å². The molecule has 0 spiro atoms. The van der Waals surface area contributed by atoms with Gasteiger partial charge >= 0.3 is 6.09 Å². The van der Waals surface area contributed by atoms with Crippen LogP contribution in [-0.2, 0) is 4.74 Å². The summed E-state index contributed by atoms with van der Waals surface area (Å²) < 4.78 is 10.5. The molecule has 2 amide bonds. The van der Waals surface area contributed by atoms with Crippen molar-refractivity contribution in [2.45, 2.75) is 6.92 Å². The lowest BCUT2D eigenvalue weighted by molar-refractivity contribution is 0.0963. The fraction of sp³-hybridized carbons (Fsp3) is 0.115. The van der Waals surface area contributed by atoms with Gasteiger partial charge in [-0.2, -0.15) is 0 Å². The maximum atomic E-state index is 14.0. The number of nitrogens with zero attached hydrogens (tertiary/aromatic N) is 2. The third-order valence-corrected chi connectivity index (χ3v) is 5.16. The van der Waals surface area contributed by atoms with Gasteiger partial charge in [0.1, 0.15) is 5.69 Å². The lowest BCUT2D eigenvalue weighted by Gasteiger charge is -2.25. The second-order valence-corrected chi connectivity index (χ2v) is 7.33. The van der Waals surface area contributed by atoms with Crippen molar-refractivity contribution in [3.63, 3.8) is 0 Å². The van der Waals surface area contributed by atoms with E-state index in [0.717, 1.165) is 16.1 Å². The minimum Gasteiger partial charge on any atom is -0.494 e. The second-order valence-electron chi connectivity index (χ2n) is 7.33. The van der Waals surface area contributed by atoms with Crippen LogP contribution in [0.15, 0.2) is 78.9 Å². The molecule has 0 aliphatic rings. The quantitative estimate of drug-likeness (QED) is 0.444.